The summed E-state index contributed by atoms with van der Waals surface area (Å²) in [6, 6.07) is 27.8. The van der Waals surface area contributed by atoms with E-state index in [-0.39, 0.29) is 10.9 Å². The summed E-state index contributed by atoms with van der Waals surface area (Å²) in [5.74, 6) is 0.443. The van der Waals surface area contributed by atoms with E-state index in [2.05, 4.69) is 24.3 Å². The van der Waals surface area contributed by atoms with Crippen LogP contribution < -0.4 is 23.3 Å². The molecule has 0 aliphatic carbocycles. The van der Waals surface area contributed by atoms with Gasteiger partial charge in [-0.05, 0) is 0 Å². The zero-order valence-electron chi connectivity index (χ0n) is 12.9. The van der Waals surface area contributed by atoms with E-state index in [4.69, 9.17) is 7.62 Å². The summed E-state index contributed by atoms with van der Waals surface area (Å²) < 4.78 is 35.7. The third kappa shape index (κ3) is 5.21. The maximum absolute atomic E-state index is 10.8. The Morgan fingerprint density at radius 2 is 1.16 bits per heavy atom. The fraction of sp³-hybridized carbons (Fsp3) is 0. The Hall–Kier alpha value is -1.55. The second-order valence-corrected chi connectivity index (χ2v) is 12.8. The molecule has 0 aliphatic heterocycles. The maximum atomic E-state index is 10.8. The van der Waals surface area contributed by atoms with Crippen LogP contribution in [0.1, 0.15) is 0 Å². The molecule has 0 spiro atoms. The molecule has 130 valence electrons. The van der Waals surface area contributed by atoms with E-state index in [1.54, 1.807) is 12.1 Å². The topological polar surface area (TPSA) is 63.6 Å². The van der Waals surface area contributed by atoms with Gasteiger partial charge in [-0.3, -0.25) is 0 Å². The van der Waals surface area contributed by atoms with E-state index < -0.39 is 27.5 Å². The van der Waals surface area contributed by atoms with Gasteiger partial charge >= 0.3 is 160 Å². The molecule has 0 aliphatic rings. The van der Waals surface area contributed by atoms with Crippen LogP contribution in [0.15, 0.2) is 99.6 Å². The Morgan fingerprint density at radius 3 is 1.60 bits per heavy atom. The fourth-order valence-corrected chi connectivity index (χ4v) is 6.06. The molecule has 0 saturated heterocycles. The van der Waals surface area contributed by atoms with E-state index in [9.17, 15) is 8.42 Å². The molecule has 0 radical (unpaired) electrons. The molecule has 0 heterocycles. The molecule has 0 saturated carbocycles. The van der Waals surface area contributed by atoms with Crippen molar-refractivity contribution in [1.82, 2.24) is 0 Å². The summed E-state index contributed by atoms with van der Waals surface area (Å²) in [4.78, 5) is 3.51. The van der Waals surface area contributed by atoms with Crippen molar-refractivity contribution in [3.63, 3.8) is 0 Å². The zero-order chi connectivity index (χ0) is 17.7. The van der Waals surface area contributed by atoms with Gasteiger partial charge in [0.25, 0.3) is 0 Å². The van der Waals surface area contributed by atoms with Crippen molar-refractivity contribution in [2.45, 2.75) is 14.7 Å². The molecule has 3 aromatic rings. The number of benzene rings is 3. The quantitative estimate of drug-likeness (QED) is 0.244. The number of hydrogen-bond donors (Lipinski definition) is 1. The van der Waals surface area contributed by atoms with Gasteiger partial charge in [-0.2, -0.15) is 0 Å². The number of rotatable bonds is 6. The van der Waals surface area contributed by atoms with Crippen LogP contribution in [0.5, 0.6) is 5.75 Å². The predicted octanol–water partition coefficient (Wildman–Crippen LogP) is 0.968. The Kier molecular flexibility index (Phi) is 6.00. The van der Waals surface area contributed by atoms with E-state index in [1.165, 1.54) is 9.79 Å². The average Bonchev–Trinajstić information content (AvgIpc) is 2.62. The van der Waals surface area contributed by atoms with Crippen molar-refractivity contribution in [2.24, 2.45) is 0 Å². The van der Waals surface area contributed by atoms with Crippen molar-refractivity contribution in [3.05, 3.63) is 84.9 Å². The molecule has 4 nitrogen and oxygen atoms in total. The first-order chi connectivity index (χ1) is 12.0. The zero-order valence-corrected chi connectivity index (χ0v) is 16.7. The van der Waals surface area contributed by atoms with Gasteiger partial charge < -0.3 is 0 Å². The van der Waals surface area contributed by atoms with Gasteiger partial charge in [0, 0.05) is 0 Å². The molecule has 0 atom stereocenters. The number of hydrogen-bond acceptors (Lipinski definition) is 3. The Balaban J connectivity index is 1.92. The van der Waals surface area contributed by atoms with Gasteiger partial charge in [0.2, 0.25) is 0 Å². The molecular formula is C18H15IO4S2. The van der Waals surface area contributed by atoms with Crippen LogP contribution in [-0.2, 0) is 18.2 Å². The Bertz CT molecular complexity index is 875. The van der Waals surface area contributed by atoms with E-state index in [0.29, 0.717) is 5.75 Å². The van der Waals surface area contributed by atoms with Crippen LogP contribution >= 0.6 is 0 Å². The monoisotopic (exact) mass is 486 g/mol. The van der Waals surface area contributed by atoms with Gasteiger partial charge in [0.05, 0.1) is 0 Å². The molecule has 1 N–H and O–H groups in total. The van der Waals surface area contributed by atoms with E-state index in [1.807, 2.05) is 48.5 Å². The van der Waals surface area contributed by atoms with Crippen molar-refractivity contribution in [3.8, 4) is 5.75 Å². The van der Waals surface area contributed by atoms with Gasteiger partial charge in [0.1, 0.15) is 0 Å². The van der Waals surface area contributed by atoms with Crippen LogP contribution in [-0.4, -0.2) is 13.0 Å². The minimum atomic E-state index is -4.05. The molecule has 0 amide bonds. The summed E-state index contributed by atoms with van der Waals surface area (Å²) in [6.45, 7) is 0. The van der Waals surface area contributed by atoms with Gasteiger partial charge in [-0.15, -0.1) is 0 Å². The third-order valence-corrected chi connectivity index (χ3v) is 8.08. The molecule has 0 unspecified atom stereocenters. The molecule has 0 bridgehead atoms. The summed E-state index contributed by atoms with van der Waals surface area (Å²) in [7, 11) is -4.30. The van der Waals surface area contributed by atoms with Crippen LogP contribution in [0.3, 0.4) is 0 Å². The van der Waals surface area contributed by atoms with Crippen LogP contribution in [0.2, 0.25) is 0 Å². The van der Waals surface area contributed by atoms with Gasteiger partial charge in [-0.1, -0.05) is 0 Å². The molecular weight excluding hydrogens is 471 g/mol. The van der Waals surface area contributed by atoms with Crippen molar-refractivity contribution in [1.29, 1.82) is 0 Å². The predicted molar refractivity (Wildman–Crippen MR) is 93.7 cm³/mol. The molecule has 7 heteroatoms. The molecule has 25 heavy (non-hydrogen) atoms. The summed E-state index contributed by atoms with van der Waals surface area (Å²) in [5.41, 5.74) is 0. The van der Waals surface area contributed by atoms with Crippen molar-refractivity contribution < 1.29 is 36.3 Å². The van der Waals surface area contributed by atoms with Crippen LogP contribution in [0.25, 0.3) is 0 Å². The molecule has 0 aromatic heterocycles. The fourth-order valence-electron chi connectivity index (χ4n) is 2.22. The van der Waals surface area contributed by atoms with Gasteiger partial charge in [0.15, 0.2) is 0 Å². The van der Waals surface area contributed by atoms with E-state index >= 15 is 0 Å². The normalized spacial score (nSPS) is 11.6. The summed E-state index contributed by atoms with van der Waals surface area (Å²) in [6.07, 6.45) is 0. The Labute approximate surface area is 159 Å². The Morgan fingerprint density at radius 1 is 0.720 bits per heavy atom. The molecule has 0 fully saturated rings. The summed E-state index contributed by atoms with van der Waals surface area (Å²) in [5, 5.41) is 0. The van der Waals surface area contributed by atoms with Crippen molar-refractivity contribution >= 4 is 18.2 Å². The standard InChI is InChI=1S/C18H15IO4S2/c20-25(21,22)19-23-15-11-13-18(14-12-15)24(16-7-3-1-4-8-16)17-9-5-2-6-10-17/h1-14H,(H,20,21,22). The molecule has 3 rings (SSSR count). The first kappa shape index (κ1) is 18.2. The average molecular weight is 486 g/mol. The van der Waals surface area contributed by atoms with Crippen LogP contribution in [0, 0.1) is 0 Å². The second kappa shape index (κ2) is 8.22. The first-order valence-electron chi connectivity index (χ1n) is 7.28. The number of halogens is 1. The van der Waals surface area contributed by atoms with Crippen molar-refractivity contribution in [2.75, 3.05) is 0 Å². The SMILES string of the molecule is O=S(=O)(O)[I-]Oc1ccc([S+](c2ccccc2)c2ccccc2)cc1. The third-order valence-electron chi connectivity index (χ3n) is 3.22. The first-order valence-corrected chi connectivity index (χ1v) is 13.4. The summed E-state index contributed by atoms with van der Waals surface area (Å²) >= 11 is -1.78. The van der Waals surface area contributed by atoms with Gasteiger partial charge in [-0.25, -0.2) is 0 Å². The van der Waals surface area contributed by atoms with Crippen LogP contribution in [0.4, 0.5) is 0 Å². The molecule has 3 aromatic carbocycles. The van der Waals surface area contributed by atoms with E-state index in [0.717, 1.165) is 4.90 Å². The minimum absolute atomic E-state index is 0.258. The second-order valence-electron chi connectivity index (χ2n) is 4.96.